The maximum Gasteiger partial charge on any atom is 0.336 e. The fraction of sp³-hybridized carbons (Fsp3) is 0.312. The second kappa shape index (κ2) is 3.98. The van der Waals surface area contributed by atoms with Crippen molar-refractivity contribution in [1.82, 2.24) is 0 Å². The third-order valence-electron chi connectivity index (χ3n) is 3.57. The van der Waals surface area contributed by atoms with Crippen LogP contribution in [0.1, 0.15) is 36.5 Å². The molecule has 0 fully saturated rings. The SMILES string of the molecule is Cc1cc2c(C(C)C)cc(=O)oc2c2c(C)coc12. The van der Waals surface area contributed by atoms with Crippen molar-refractivity contribution in [1.29, 1.82) is 0 Å². The van der Waals surface area contributed by atoms with Crippen molar-refractivity contribution < 1.29 is 8.83 Å². The van der Waals surface area contributed by atoms with Gasteiger partial charge in [0, 0.05) is 11.5 Å². The van der Waals surface area contributed by atoms with Crippen LogP contribution in [0, 0.1) is 13.8 Å². The first-order chi connectivity index (χ1) is 8.99. The van der Waals surface area contributed by atoms with E-state index >= 15 is 0 Å². The molecule has 0 N–H and O–H groups in total. The maximum atomic E-state index is 11.8. The molecule has 3 aromatic rings. The largest absolute Gasteiger partial charge is 0.464 e. The second-order valence-electron chi connectivity index (χ2n) is 5.37. The molecule has 0 bridgehead atoms. The first-order valence-corrected chi connectivity index (χ1v) is 6.44. The zero-order chi connectivity index (χ0) is 13.7. The standard InChI is InChI=1S/C16H16O3/c1-8(2)11-6-13(17)19-16-12(11)5-9(3)15-14(16)10(4)7-18-15/h5-8H,1-4H3. The Labute approximate surface area is 110 Å². The van der Waals surface area contributed by atoms with Crippen LogP contribution in [0.25, 0.3) is 21.9 Å². The quantitative estimate of drug-likeness (QED) is 0.610. The van der Waals surface area contributed by atoms with Gasteiger partial charge in [-0.1, -0.05) is 13.8 Å². The van der Waals surface area contributed by atoms with Gasteiger partial charge >= 0.3 is 5.63 Å². The van der Waals surface area contributed by atoms with E-state index in [0.717, 1.165) is 33.0 Å². The Kier molecular flexibility index (Phi) is 2.52. The molecule has 2 heterocycles. The van der Waals surface area contributed by atoms with E-state index in [-0.39, 0.29) is 11.5 Å². The highest BCUT2D eigenvalue weighted by atomic mass is 16.4. The Morgan fingerprint density at radius 1 is 1.05 bits per heavy atom. The van der Waals surface area contributed by atoms with Crippen molar-refractivity contribution in [3.8, 4) is 0 Å². The summed E-state index contributed by atoms with van der Waals surface area (Å²) in [6, 6.07) is 3.63. The molecule has 19 heavy (non-hydrogen) atoms. The summed E-state index contributed by atoms with van der Waals surface area (Å²) in [5, 5.41) is 1.92. The summed E-state index contributed by atoms with van der Waals surface area (Å²) in [6.45, 7) is 8.14. The Balaban J connectivity index is 2.63. The lowest BCUT2D eigenvalue weighted by molar-refractivity contribution is 0.559. The minimum atomic E-state index is -0.304. The highest BCUT2D eigenvalue weighted by Crippen LogP contribution is 2.34. The second-order valence-corrected chi connectivity index (χ2v) is 5.37. The zero-order valence-electron chi connectivity index (χ0n) is 11.5. The normalized spacial score (nSPS) is 11.8. The molecule has 3 nitrogen and oxygen atoms in total. The summed E-state index contributed by atoms with van der Waals surface area (Å²) < 4.78 is 11.0. The van der Waals surface area contributed by atoms with Crippen molar-refractivity contribution in [3.05, 3.63) is 45.5 Å². The maximum absolute atomic E-state index is 11.8. The van der Waals surface area contributed by atoms with Crippen LogP contribution >= 0.6 is 0 Å². The molecule has 1 aromatic carbocycles. The van der Waals surface area contributed by atoms with Crippen LogP contribution in [0.3, 0.4) is 0 Å². The molecular weight excluding hydrogens is 240 g/mol. The molecule has 0 saturated carbocycles. The van der Waals surface area contributed by atoms with Crippen LogP contribution in [0.15, 0.2) is 32.0 Å². The van der Waals surface area contributed by atoms with E-state index < -0.39 is 0 Å². The topological polar surface area (TPSA) is 43.4 Å². The lowest BCUT2D eigenvalue weighted by Crippen LogP contribution is -2.02. The molecule has 0 aliphatic rings. The van der Waals surface area contributed by atoms with Crippen molar-refractivity contribution in [3.63, 3.8) is 0 Å². The van der Waals surface area contributed by atoms with Crippen molar-refractivity contribution in [2.45, 2.75) is 33.6 Å². The van der Waals surface area contributed by atoms with Gasteiger partial charge in [-0.05, 0) is 42.5 Å². The lowest BCUT2D eigenvalue weighted by Gasteiger charge is -2.10. The average molecular weight is 256 g/mol. The van der Waals surface area contributed by atoms with E-state index in [0.29, 0.717) is 5.58 Å². The molecule has 3 heteroatoms. The molecule has 0 atom stereocenters. The Morgan fingerprint density at radius 3 is 2.47 bits per heavy atom. The molecule has 0 aliphatic heterocycles. The number of hydrogen-bond donors (Lipinski definition) is 0. The average Bonchev–Trinajstić information content (AvgIpc) is 2.73. The fourth-order valence-corrected chi connectivity index (χ4v) is 2.63. The summed E-state index contributed by atoms with van der Waals surface area (Å²) in [7, 11) is 0. The van der Waals surface area contributed by atoms with Gasteiger partial charge in [-0.3, -0.25) is 0 Å². The third-order valence-corrected chi connectivity index (χ3v) is 3.57. The van der Waals surface area contributed by atoms with Gasteiger partial charge in [0.25, 0.3) is 0 Å². The van der Waals surface area contributed by atoms with E-state index in [2.05, 4.69) is 13.8 Å². The van der Waals surface area contributed by atoms with E-state index in [1.165, 1.54) is 0 Å². The molecule has 98 valence electrons. The van der Waals surface area contributed by atoms with Crippen LogP contribution in [0.5, 0.6) is 0 Å². The van der Waals surface area contributed by atoms with Gasteiger partial charge in [-0.2, -0.15) is 0 Å². The summed E-state index contributed by atoms with van der Waals surface area (Å²) in [6.07, 6.45) is 1.71. The molecule has 0 aliphatic carbocycles. The van der Waals surface area contributed by atoms with Gasteiger partial charge in [0.2, 0.25) is 0 Å². The summed E-state index contributed by atoms with van der Waals surface area (Å²) in [4.78, 5) is 11.8. The number of furan rings is 1. The minimum Gasteiger partial charge on any atom is -0.464 e. The molecule has 0 unspecified atom stereocenters. The number of aryl methyl sites for hydroxylation is 2. The number of benzene rings is 1. The Morgan fingerprint density at radius 2 is 1.79 bits per heavy atom. The molecular formula is C16H16O3. The van der Waals surface area contributed by atoms with Gasteiger partial charge in [0.15, 0.2) is 0 Å². The van der Waals surface area contributed by atoms with E-state index in [4.69, 9.17) is 8.83 Å². The highest BCUT2D eigenvalue weighted by molar-refractivity contribution is 6.06. The first kappa shape index (κ1) is 12.0. The van der Waals surface area contributed by atoms with Crippen LogP contribution in [0.2, 0.25) is 0 Å². The predicted molar refractivity (Wildman–Crippen MR) is 75.8 cm³/mol. The monoisotopic (exact) mass is 256 g/mol. The predicted octanol–water partition coefficient (Wildman–Crippen LogP) is 4.28. The highest BCUT2D eigenvalue weighted by Gasteiger charge is 2.16. The Hall–Kier alpha value is -2.03. The van der Waals surface area contributed by atoms with Crippen LogP contribution in [-0.2, 0) is 0 Å². The minimum absolute atomic E-state index is 0.274. The lowest BCUT2D eigenvalue weighted by atomic mass is 9.96. The van der Waals surface area contributed by atoms with Crippen molar-refractivity contribution >= 4 is 21.9 Å². The number of hydrogen-bond acceptors (Lipinski definition) is 3. The Bertz CT molecular complexity index is 834. The molecule has 2 aromatic heterocycles. The summed E-state index contributed by atoms with van der Waals surface area (Å²) in [5.74, 6) is 0.274. The number of rotatable bonds is 1. The smallest absolute Gasteiger partial charge is 0.336 e. The van der Waals surface area contributed by atoms with Crippen molar-refractivity contribution in [2.75, 3.05) is 0 Å². The van der Waals surface area contributed by atoms with Gasteiger partial charge in [-0.15, -0.1) is 0 Å². The molecule has 3 rings (SSSR count). The molecule has 0 saturated heterocycles. The molecule has 0 radical (unpaired) electrons. The van der Waals surface area contributed by atoms with Crippen LogP contribution < -0.4 is 5.63 Å². The van der Waals surface area contributed by atoms with E-state index in [1.54, 1.807) is 12.3 Å². The van der Waals surface area contributed by atoms with Gasteiger partial charge < -0.3 is 8.83 Å². The van der Waals surface area contributed by atoms with E-state index in [9.17, 15) is 4.79 Å². The molecule has 0 amide bonds. The van der Waals surface area contributed by atoms with Crippen LogP contribution in [0.4, 0.5) is 0 Å². The van der Waals surface area contributed by atoms with Gasteiger partial charge in [0.1, 0.15) is 11.2 Å². The molecule has 0 spiro atoms. The zero-order valence-corrected chi connectivity index (χ0v) is 11.5. The van der Waals surface area contributed by atoms with E-state index in [1.807, 2.05) is 19.9 Å². The number of fused-ring (bicyclic) bond motifs is 3. The summed E-state index contributed by atoms with van der Waals surface area (Å²) in [5.41, 5.74) is 4.22. The van der Waals surface area contributed by atoms with Crippen molar-refractivity contribution in [2.24, 2.45) is 0 Å². The first-order valence-electron chi connectivity index (χ1n) is 6.44. The van der Waals surface area contributed by atoms with Gasteiger partial charge in [0.05, 0.1) is 11.6 Å². The summed E-state index contributed by atoms with van der Waals surface area (Å²) >= 11 is 0. The third kappa shape index (κ3) is 1.69. The van der Waals surface area contributed by atoms with Gasteiger partial charge in [-0.25, -0.2) is 4.79 Å². The van der Waals surface area contributed by atoms with Crippen LogP contribution in [-0.4, -0.2) is 0 Å². The fourth-order valence-electron chi connectivity index (χ4n) is 2.63.